The van der Waals surface area contributed by atoms with Crippen LogP contribution in [-0.2, 0) is 16.6 Å². The molecule has 4 nitrogen and oxygen atoms in total. The van der Waals surface area contributed by atoms with E-state index in [2.05, 4.69) is 4.72 Å². The topological polar surface area (TPSA) is 72.2 Å². The normalized spacial score (nSPS) is 11.7. The lowest BCUT2D eigenvalue weighted by Crippen LogP contribution is -2.23. The van der Waals surface area contributed by atoms with Crippen molar-refractivity contribution in [3.63, 3.8) is 0 Å². The van der Waals surface area contributed by atoms with Crippen molar-refractivity contribution in [2.24, 2.45) is 5.73 Å². The molecule has 1 rings (SSSR count). The summed E-state index contributed by atoms with van der Waals surface area (Å²) in [6, 6.07) is 4.48. The number of rotatable bonds is 4. The number of benzene rings is 1. The van der Waals surface area contributed by atoms with E-state index in [0.29, 0.717) is 17.1 Å². The molecule has 6 heteroatoms. The largest absolute Gasteiger partial charge is 0.326 e. The lowest BCUT2D eigenvalue weighted by Gasteiger charge is -2.07. The average molecular weight is 249 g/mol. The van der Waals surface area contributed by atoms with Gasteiger partial charge in [0.15, 0.2) is 0 Å². The first-order valence-corrected chi connectivity index (χ1v) is 6.35. The predicted octanol–water partition coefficient (Wildman–Crippen LogP) is 1.10. The third-order valence-electron chi connectivity index (χ3n) is 1.88. The van der Waals surface area contributed by atoms with Gasteiger partial charge in [0, 0.05) is 18.1 Å². The molecule has 84 valence electrons. The summed E-state index contributed by atoms with van der Waals surface area (Å²) in [5.74, 6) is 0. The highest BCUT2D eigenvalue weighted by molar-refractivity contribution is 7.89. The standard InChI is InChI=1S/C9H13ClN2O2S/c1-2-12-15(13,14)8-3-4-9(10)7(5-8)6-11/h3-5,12H,2,6,11H2,1H3. The van der Waals surface area contributed by atoms with Gasteiger partial charge < -0.3 is 5.73 Å². The van der Waals surface area contributed by atoms with Crippen LogP contribution in [0.3, 0.4) is 0 Å². The molecule has 0 aromatic heterocycles. The van der Waals surface area contributed by atoms with Crippen LogP contribution in [0, 0.1) is 0 Å². The summed E-state index contributed by atoms with van der Waals surface area (Å²) in [5, 5.41) is 0.480. The second kappa shape index (κ2) is 4.94. The highest BCUT2D eigenvalue weighted by atomic mass is 35.5. The number of hydrogen-bond donors (Lipinski definition) is 2. The Morgan fingerprint density at radius 2 is 2.13 bits per heavy atom. The minimum Gasteiger partial charge on any atom is -0.326 e. The molecule has 0 aliphatic heterocycles. The molecule has 0 saturated heterocycles. The van der Waals surface area contributed by atoms with Crippen LogP contribution in [0.25, 0.3) is 0 Å². The van der Waals surface area contributed by atoms with Crippen LogP contribution in [-0.4, -0.2) is 15.0 Å². The fraction of sp³-hybridized carbons (Fsp3) is 0.333. The van der Waals surface area contributed by atoms with E-state index in [4.69, 9.17) is 17.3 Å². The third-order valence-corrected chi connectivity index (χ3v) is 3.79. The van der Waals surface area contributed by atoms with Gasteiger partial charge in [0.05, 0.1) is 4.90 Å². The molecule has 0 fully saturated rings. The van der Waals surface area contributed by atoms with E-state index < -0.39 is 10.0 Å². The summed E-state index contributed by atoms with van der Waals surface area (Å²) >= 11 is 5.83. The minimum absolute atomic E-state index is 0.189. The van der Waals surface area contributed by atoms with Gasteiger partial charge in [0.2, 0.25) is 10.0 Å². The Hall–Kier alpha value is -0.620. The summed E-state index contributed by atoms with van der Waals surface area (Å²) in [6.07, 6.45) is 0. The summed E-state index contributed by atoms with van der Waals surface area (Å²) in [7, 11) is -3.42. The maximum absolute atomic E-state index is 11.6. The van der Waals surface area contributed by atoms with Crippen LogP contribution in [0.1, 0.15) is 12.5 Å². The molecule has 1 aromatic rings. The number of halogens is 1. The number of hydrogen-bond acceptors (Lipinski definition) is 3. The van der Waals surface area contributed by atoms with Crippen LogP contribution in [0.4, 0.5) is 0 Å². The van der Waals surface area contributed by atoms with Gasteiger partial charge in [-0.05, 0) is 23.8 Å². The van der Waals surface area contributed by atoms with Gasteiger partial charge in [-0.1, -0.05) is 18.5 Å². The SMILES string of the molecule is CCNS(=O)(=O)c1ccc(Cl)c(CN)c1. The molecule has 0 unspecified atom stereocenters. The van der Waals surface area contributed by atoms with Crippen molar-refractivity contribution in [3.05, 3.63) is 28.8 Å². The van der Waals surface area contributed by atoms with Gasteiger partial charge in [-0.15, -0.1) is 0 Å². The molecule has 0 atom stereocenters. The van der Waals surface area contributed by atoms with Crippen molar-refractivity contribution in [3.8, 4) is 0 Å². The maximum Gasteiger partial charge on any atom is 0.240 e. The Morgan fingerprint density at radius 1 is 1.47 bits per heavy atom. The molecule has 0 bridgehead atoms. The molecule has 1 aromatic carbocycles. The highest BCUT2D eigenvalue weighted by Crippen LogP contribution is 2.19. The molecule has 0 aliphatic carbocycles. The van der Waals surface area contributed by atoms with E-state index in [1.54, 1.807) is 6.92 Å². The predicted molar refractivity (Wildman–Crippen MR) is 60.2 cm³/mol. The third kappa shape index (κ3) is 2.92. The highest BCUT2D eigenvalue weighted by Gasteiger charge is 2.13. The molecule has 0 radical (unpaired) electrons. The Labute approximate surface area is 94.5 Å². The molecule has 0 saturated carbocycles. The van der Waals surface area contributed by atoms with Gasteiger partial charge in [-0.25, -0.2) is 13.1 Å². The lowest BCUT2D eigenvalue weighted by molar-refractivity contribution is 0.584. The number of nitrogens with one attached hydrogen (secondary N) is 1. The monoisotopic (exact) mass is 248 g/mol. The van der Waals surface area contributed by atoms with E-state index in [1.807, 2.05) is 0 Å². The van der Waals surface area contributed by atoms with Crippen molar-refractivity contribution < 1.29 is 8.42 Å². The molecule has 0 aliphatic rings. The van der Waals surface area contributed by atoms with Crippen LogP contribution in [0.2, 0.25) is 5.02 Å². The Balaban J connectivity index is 3.17. The fourth-order valence-electron chi connectivity index (χ4n) is 1.15. The second-order valence-corrected chi connectivity index (χ2v) is 5.13. The average Bonchev–Trinajstić information content (AvgIpc) is 2.18. The van der Waals surface area contributed by atoms with E-state index in [1.165, 1.54) is 18.2 Å². The van der Waals surface area contributed by atoms with Crippen LogP contribution < -0.4 is 10.5 Å². The van der Waals surface area contributed by atoms with Crippen LogP contribution >= 0.6 is 11.6 Å². The minimum atomic E-state index is -3.42. The van der Waals surface area contributed by atoms with Gasteiger partial charge in [0.1, 0.15) is 0 Å². The van der Waals surface area contributed by atoms with E-state index in [-0.39, 0.29) is 11.4 Å². The van der Waals surface area contributed by atoms with E-state index >= 15 is 0 Å². The Kier molecular flexibility index (Phi) is 4.10. The van der Waals surface area contributed by atoms with Gasteiger partial charge in [-0.3, -0.25) is 0 Å². The zero-order valence-corrected chi connectivity index (χ0v) is 9.90. The first kappa shape index (κ1) is 12.4. The van der Waals surface area contributed by atoms with Crippen molar-refractivity contribution >= 4 is 21.6 Å². The van der Waals surface area contributed by atoms with Crippen molar-refractivity contribution in [1.29, 1.82) is 0 Å². The molecule has 0 heterocycles. The molecular formula is C9H13ClN2O2S. The molecule has 0 spiro atoms. The zero-order valence-electron chi connectivity index (χ0n) is 8.33. The molecule has 0 amide bonds. The van der Waals surface area contributed by atoms with Crippen LogP contribution in [0.15, 0.2) is 23.1 Å². The Bertz CT molecular complexity index is 445. The van der Waals surface area contributed by atoms with Gasteiger partial charge >= 0.3 is 0 Å². The molecule has 3 N–H and O–H groups in total. The smallest absolute Gasteiger partial charge is 0.240 e. The summed E-state index contributed by atoms with van der Waals surface area (Å²) in [5.41, 5.74) is 6.06. The van der Waals surface area contributed by atoms with Gasteiger partial charge in [-0.2, -0.15) is 0 Å². The lowest BCUT2D eigenvalue weighted by atomic mass is 10.2. The first-order chi connectivity index (χ1) is 7.01. The fourth-order valence-corrected chi connectivity index (χ4v) is 2.43. The second-order valence-electron chi connectivity index (χ2n) is 2.96. The van der Waals surface area contributed by atoms with Crippen LogP contribution in [0.5, 0.6) is 0 Å². The van der Waals surface area contributed by atoms with Crippen molar-refractivity contribution in [2.45, 2.75) is 18.4 Å². The quantitative estimate of drug-likeness (QED) is 0.838. The molecule has 15 heavy (non-hydrogen) atoms. The van der Waals surface area contributed by atoms with E-state index in [9.17, 15) is 8.42 Å². The summed E-state index contributed by atoms with van der Waals surface area (Å²) < 4.78 is 25.6. The first-order valence-electron chi connectivity index (χ1n) is 4.49. The van der Waals surface area contributed by atoms with Gasteiger partial charge in [0.25, 0.3) is 0 Å². The number of nitrogens with two attached hydrogens (primary N) is 1. The summed E-state index contributed by atoms with van der Waals surface area (Å²) in [6.45, 7) is 2.29. The Morgan fingerprint density at radius 3 is 2.67 bits per heavy atom. The molecular weight excluding hydrogens is 236 g/mol. The number of sulfonamides is 1. The zero-order chi connectivity index (χ0) is 11.5. The van der Waals surface area contributed by atoms with E-state index in [0.717, 1.165) is 0 Å². The van der Waals surface area contributed by atoms with Crippen molar-refractivity contribution in [2.75, 3.05) is 6.54 Å². The van der Waals surface area contributed by atoms with Crippen molar-refractivity contribution in [1.82, 2.24) is 4.72 Å². The summed E-state index contributed by atoms with van der Waals surface area (Å²) in [4.78, 5) is 0.189. The maximum atomic E-state index is 11.6.